The summed E-state index contributed by atoms with van der Waals surface area (Å²) in [6.07, 6.45) is 7.71. The molecule has 1 N–H and O–H groups in total. The number of hydrogen-bond acceptors (Lipinski definition) is 2. The molecule has 1 aliphatic rings. The third-order valence-corrected chi connectivity index (χ3v) is 4.48. The lowest BCUT2D eigenvalue weighted by atomic mass is 9.83. The molecule has 0 aromatic rings. The Labute approximate surface area is 107 Å². The van der Waals surface area contributed by atoms with Crippen molar-refractivity contribution in [2.24, 2.45) is 11.3 Å². The monoisotopic (exact) mass is 241 g/mol. The maximum absolute atomic E-state index is 9.58. The molecule has 0 aliphatic heterocycles. The molecule has 0 saturated heterocycles. The molecule has 2 nitrogen and oxygen atoms in total. The highest BCUT2D eigenvalue weighted by molar-refractivity contribution is 4.82. The Kier molecular flexibility index (Phi) is 5.94. The van der Waals surface area contributed by atoms with Crippen molar-refractivity contribution in [2.45, 2.75) is 65.3 Å². The Morgan fingerprint density at radius 2 is 1.82 bits per heavy atom. The Balaban J connectivity index is 2.44. The van der Waals surface area contributed by atoms with E-state index in [0.717, 1.165) is 31.3 Å². The average Bonchev–Trinajstić information content (AvgIpc) is 2.30. The van der Waals surface area contributed by atoms with Gasteiger partial charge in [0.2, 0.25) is 0 Å². The number of hydrogen-bond donors (Lipinski definition) is 1. The Morgan fingerprint density at radius 1 is 1.24 bits per heavy atom. The molecule has 0 radical (unpaired) electrons. The third kappa shape index (κ3) is 4.59. The van der Waals surface area contributed by atoms with Crippen molar-refractivity contribution in [3.63, 3.8) is 0 Å². The second-order valence-corrected chi connectivity index (χ2v) is 6.55. The summed E-state index contributed by atoms with van der Waals surface area (Å²) in [5.41, 5.74) is 0.0898. The van der Waals surface area contributed by atoms with Crippen LogP contribution >= 0.6 is 0 Å². The van der Waals surface area contributed by atoms with E-state index in [-0.39, 0.29) is 5.41 Å². The Morgan fingerprint density at radius 3 is 2.29 bits per heavy atom. The van der Waals surface area contributed by atoms with Gasteiger partial charge in [-0.2, -0.15) is 0 Å². The predicted molar refractivity (Wildman–Crippen MR) is 74.2 cm³/mol. The molecule has 1 saturated carbocycles. The standard InChI is InChI=1S/C15H31NO/c1-5-10-15(3,12-17)11-16(4)14-8-6-13(2)7-9-14/h13-14,17H,5-12H2,1-4H3. The van der Waals surface area contributed by atoms with Gasteiger partial charge in [0.25, 0.3) is 0 Å². The topological polar surface area (TPSA) is 23.5 Å². The van der Waals surface area contributed by atoms with E-state index >= 15 is 0 Å². The van der Waals surface area contributed by atoms with Gasteiger partial charge in [0, 0.05) is 24.6 Å². The molecule has 0 aromatic carbocycles. The minimum atomic E-state index is 0.0898. The van der Waals surface area contributed by atoms with Crippen LogP contribution in [0.2, 0.25) is 0 Å². The molecule has 1 atom stereocenters. The number of nitrogens with zero attached hydrogens (tertiary/aromatic N) is 1. The first-order chi connectivity index (χ1) is 8.00. The van der Waals surface area contributed by atoms with Crippen LogP contribution in [0.15, 0.2) is 0 Å². The minimum absolute atomic E-state index is 0.0898. The van der Waals surface area contributed by atoms with Crippen molar-refractivity contribution >= 4 is 0 Å². The van der Waals surface area contributed by atoms with Crippen LogP contribution in [-0.4, -0.2) is 36.2 Å². The predicted octanol–water partition coefficient (Wildman–Crippen LogP) is 3.30. The molecular weight excluding hydrogens is 210 g/mol. The summed E-state index contributed by atoms with van der Waals surface area (Å²) in [4.78, 5) is 2.50. The molecule has 0 aromatic heterocycles. The molecule has 1 aliphatic carbocycles. The zero-order valence-electron chi connectivity index (χ0n) is 12.2. The summed E-state index contributed by atoms with van der Waals surface area (Å²) in [5.74, 6) is 0.916. The molecule has 1 rings (SSSR count). The van der Waals surface area contributed by atoms with E-state index in [1.807, 2.05) is 0 Å². The lowest BCUT2D eigenvalue weighted by Gasteiger charge is -2.39. The summed E-state index contributed by atoms with van der Waals surface area (Å²) < 4.78 is 0. The van der Waals surface area contributed by atoms with E-state index < -0.39 is 0 Å². The van der Waals surface area contributed by atoms with E-state index in [9.17, 15) is 5.11 Å². The zero-order valence-corrected chi connectivity index (χ0v) is 12.2. The fraction of sp³-hybridized carbons (Fsp3) is 1.00. The quantitative estimate of drug-likeness (QED) is 0.771. The molecular formula is C15H31NO. The Hall–Kier alpha value is -0.0800. The fourth-order valence-corrected chi connectivity index (χ4v) is 3.23. The molecule has 0 amide bonds. The smallest absolute Gasteiger partial charge is 0.0497 e. The number of aliphatic hydroxyl groups is 1. The van der Waals surface area contributed by atoms with Crippen molar-refractivity contribution in [1.82, 2.24) is 4.90 Å². The van der Waals surface area contributed by atoms with Crippen LogP contribution in [0.1, 0.15) is 59.3 Å². The van der Waals surface area contributed by atoms with E-state index in [1.54, 1.807) is 0 Å². The lowest BCUT2D eigenvalue weighted by molar-refractivity contribution is 0.0600. The molecule has 17 heavy (non-hydrogen) atoms. The normalized spacial score (nSPS) is 29.3. The van der Waals surface area contributed by atoms with E-state index in [0.29, 0.717) is 6.61 Å². The SMILES string of the molecule is CCCC(C)(CO)CN(C)C1CCC(C)CC1. The Bertz CT molecular complexity index is 211. The van der Waals surface area contributed by atoms with Crippen LogP contribution in [0, 0.1) is 11.3 Å². The lowest BCUT2D eigenvalue weighted by Crippen LogP contribution is -2.43. The highest BCUT2D eigenvalue weighted by Gasteiger charge is 2.28. The van der Waals surface area contributed by atoms with Crippen LogP contribution in [0.5, 0.6) is 0 Å². The van der Waals surface area contributed by atoms with Crippen LogP contribution in [0.25, 0.3) is 0 Å². The zero-order chi connectivity index (χ0) is 12.9. The largest absolute Gasteiger partial charge is 0.396 e. The van der Waals surface area contributed by atoms with Gasteiger partial charge in [0.1, 0.15) is 0 Å². The van der Waals surface area contributed by atoms with Crippen molar-refractivity contribution in [1.29, 1.82) is 0 Å². The van der Waals surface area contributed by atoms with Crippen molar-refractivity contribution in [2.75, 3.05) is 20.2 Å². The van der Waals surface area contributed by atoms with Crippen LogP contribution in [0.3, 0.4) is 0 Å². The first-order valence-corrected chi connectivity index (χ1v) is 7.32. The molecule has 1 unspecified atom stereocenters. The molecule has 0 bridgehead atoms. The van der Waals surface area contributed by atoms with Gasteiger partial charge in [-0.1, -0.05) is 27.2 Å². The second-order valence-electron chi connectivity index (χ2n) is 6.55. The summed E-state index contributed by atoms with van der Waals surface area (Å²) in [6.45, 7) is 8.14. The first kappa shape index (κ1) is 15.0. The van der Waals surface area contributed by atoms with E-state index in [2.05, 4.69) is 32.7 Å². The van der Waals surface area contributed by atoms with Gasteiger partial charge >= 0.3 is 0 Å². The molecule has 2 heteroatoms. The number of rotatable bonds is 6. The first-order valence-electron chi connectivity index (χ1n) is 7.32. The van der Waals surface area contributed by atoms with Gasteiger partial charge in [-0.15, -0.1) is 0 Å². The van der Waals surface area contributed by atoms with Crippen molar-refractivity contribution < 1.29 is 5.11 Å². The molecule has 102 valence electrons. The van der Waals surface area contributed by atoms with Gasteiger partial charge in [-0.3, -0.25) is 0 Å². The highest BCUT2D eigenvalue weighted by Crippen LogP contribution is 2.30. The second kappa shape index (κ2) is 6.75. The highest BCUT2D eigenvalue weighted by atomic mass is 16.3. The third-order valence-electron chi connectivity index (χ3n) is 4.48. The summed E-state index contributed by atoms with van der Waals surface area (Å²) >= 11 is 0. The summed E-state index contributed by atoms with van der Waals surface area (Å²) in [5, 5.41) is 9.58. The van der Waals surface area contributed by atoms with Gasteiger partial charge in [-0.25, -0.2) is 0 Å². The molecule has 0 heterocycles. The van der Waals surface area contributed by atoms with E-state index in [1.165, 1.54) is 25.7 Å². The maximum Gasteiger partial charge on any atom is 0.0497 e. The molecule has 1 fully saturated rings. The minimum Gasteiger partial charge on any atom is -0.396 e. The average molecular weight is 241 g/mol. The van der Waals surface area contributed by atoms with Gasteiger partial charge < -0.3 is 10.0 Å². The van der Waals surface area contributed by atoms with Crippen LogP contribution < -0.4 is 0 Å². The molecule has 0 spiro atoms. The summed E-state index contributed by atoms with van der Waals surface area (Å²) in [7, 11) is 2.24. The van der Waals surface area contributed by atoms with Crippen LogP contribution in [-0.2, 0) is 0 Å². The van der Waals surface area contributed by atoms with Gasteiger partial charge in [-0.05, 0) is 45.1 Å². The summed E-state index contributed by atoms with van der Waals surface area (Å²) in [6, 6.07) is 0.744. The van der Waals surface area contributed by atoms with Gasteiger partial charge in [0.05, 0.1) is 0 Å². The fourth-order valence-electron chi connectivity index (χ4n) is 3.23. The maximum atomic E-state index is 9.58. The number of aliphatic hydroxyl groups excluding tert-OH is 1. The van der Waals surface area contributed by atoms with Crippen molar-refractivity contribution in [3.8, 4) is 0 Å². The van der Waals surface area contributed by atoms with Gasteiger partial charge in [0.15, 0.2) is 0 Å². The van der Waals surface area contributed by atoms with E-state index in [4.69, 9.17) is 0 Å². The van der Waals surface area contributed by atoms with Crippen LogP contribution in [0.4, 0.5) is 0 Å². The van der Waals surface area contributed by atoms with Crippen molar-refractivity contribution in [3.05, 3.63) is 0 Å².